The number of nitrogens with zero attached hydrogens (tertiary/aromatic N) is 1. The van der Waals surface area contributed by atoms with Gasteiger partial charge in [-0.05, 0) is 13.0 Å². The predicted molar refractivity (Wildman–Crippen MR) is 83.5 cm³/mol. The van der Waals surface area contributed by atoms with Crippen LogP contribution in [0.1, 0.15) is 71.1 Å². The summed E-state index contributed by atoms with van der Waals surface area (Å²) in [6.07, 6.45) is 9.11. The van der Waals surface area contributed by atoms with Crippen LogP contribution in [0, 0.1) is 0 Å². The van der Waals surface area contributed by atoms with Gasteiger partial charge in [-0.3, -0.25) is 4.90 Å². The van der Waals surface area contributed by atoms with Crippen molar-refractivity contribution in [2.75, 3.05) is 19.1 Å². The predicted octanol–water partition coefficient (Wildman–Crippen LogP) is -11.0. The summed E-state index contributed by atoms with van der Waals surface area (Å²) in [5.41, 5.74) is 0. The maximum Gasteiger partial charge on any atom is 1.00 e. The van der Waals surface area contributed by atoms with Gasteiger partial charge in [-0.25, -0.2) is 0 Å². The first-order chi connectivity index (χ1) is 10.6. The third-order valence-electron chi connectivity index (χ3n) is 3.57. The number of hydrogen-bond donors (Lipinski definition) is 0. The number of rotatable bonds is 15. The van der Waals surface area contributed by atoms with Crippen LogP contribution in [0.15, 0.2) is 0 Å². The molecule has 0 aromatic rings. The Balaban J connectivity index is -0.000000403. The van der Waals surface area contributed by atoms with Crippen molar-refractivity contribution in [1.82, 2.24) is 4.90 Å². The molecule has 0 rings (SSSR count). The van der Waals surface area contributed by atoms with Gasteiger partial charge in [0.1, 0.15) is 0 Å². The molecule has 0 aliphatic heterocycles. The molecule has 0 radical (unpaired) electrons. The van der Waals surface area contributed by atoms with Gasteiger partial charge in [0.25, 0.3) is 0 Å². The first-order valence-electron chi connectivity index (χ1n) is 8.38. The van der Waals surface area contributed by atoms with Gasteiger partial charge in [0.2, 0.25) is 0 Å². The molecule has 0 saturated carbocycles. The SMILES string of the molecule is CCCCCCCCCCCCN(CP(=O)([O-])[O-])CP(=O)([O-])[O-].[K+].[K+].[K+].[K+]. The normalized spacial score (nSPS) is 11.0. The molecular weight excluding hydrogens is 496 g/mol. The van der Waals surface area contributed by atoms with Crippen LogP contribution in [0.25, 0.3) is 0 Å². The van der Waals surface area contributed by atoms with E-state index in [0.717, 1.165) is 24.2 Å². The van der Waals surface area contributed by atoms with Crippen molar-refractivity contribution in [1.29, 1.82) is 0 Å². The van der Waals surface area contributed by atoms with E-state index in [2.05, 4.69) is 6.92 Å². The van der Waals surface area contributed by atoms with E-state index in [4.69, 9.17) is 0 Å². The average Bonchev–Trinajstić information content (AvgIpc) is 2.37. The van der Waals surface area contributed by atoms with Crippen molar-refractivity contribution in [3.8, 4) is 0 Å². The minimum absolute atomic E-state index is 0. The van der Waals surface area contributed by atoms with Gasteiger partial charge in [-0.2, -0.15) is 0 Å². The van der Waals surface area contributed by atoms with Crippen molar-refractivity contribution in [2.24, 2.45) is 0 Å². The van der Waals surface area contributed by atoms with Crippen molar-refractivity contribution < 1.29 is 234 Å². The number of unbranched alkanes of at least 4 members (excludes halogenated alkanes) is 9. The molecule has 0 bridgehead atoms. The second-order valence-electron chi connectivity index (χ2n) is 6.08. The van der Waals surface area contributed by atoms with Crippen LogP contribution >= 0.6 is 15.2 Å². The minimum Gasteiger partial charge on any atom is -0.810 e. The zero-order valence-electron chi connectivity index (χ0n) is 18.0. The van der Waals surface area contributed by atoms with Crippen LogP contribution in [0.5, 0.6) is 0 Å². The van der Waals surface area contributed by atoms with E-state index >= 15 is 0 Å². The fourth-order valence-corrected chi connectivity index (χ4v) is 4.12. The molecular formula is C14H29K4NO6P2. The summed E-state index contributed by atoms with van der Waals surface area (Å²) in [6, 6.07) is 0. The van der Waals surface area contributed by atoms with Gasteiger partial charge >= 0.3 is 206 Å². The fourth-order valence-electron chi connectivity index (χ4n) is 2.50. The molecule has 0 aliphatic carbocycles. The van der Waals surface area contributed by atoms with Crippen LogP contribution in [-0.2, 0) is 9.13 Å². The van der Waals surface area contributed by atoms with Crippen LogP contribution in [0.3, 0.4) is 0 Å². The second-order valence-corrected chi connectivity index (χ2v) is 9.09. The Bertz CT molecular complexity index is 374. The van der Waals surface area contributed by atoms with E-state index in [0.29, 0.717) is 6.42 Å². The quantitative estimate of drug-likeness (QED) is 0.118. The topological polar surface area (TPSA) is 130 Å². The molecule has 140 valence electrons. The number of hydrogen-bond acceptors (Lipinski definition) is 7. The summed E-state index contributed by atoms with van der Waals surface area (Å²) in [7, 11) is -9.72. The summed E-state index contributed by atoms with van der Waals surface area (Å²) in [4.78, 5) is 43.9. The molecule has 0 spiro atoms. The van der Waals surface area contributed by atoms with Crippen molar-refractivity contribution >= 4 is 15.2 Å². The first-order valence-corrected chi connectivity index (χ1v) is 11.8. The third kappa shape index (κ3) is 37.5. The largest absolute Gasteiger partial charge is 1.00 e. The molecule has 13 heteroatoms. The van der Waals surface area contributed by atoms with E-state index in [1.807, 2.05) is 0 Å². The third-order valence-corrected chi connectivity index (χ3v) is 5.07. The monoisotopic (exact) mass is 525 g/mol. The zero-order valence-corrected chi connectivity index (χ0v) is 32.3. The van der Waals surface area contributed by atoms with Crippen LogP contribution in [0.2, 0.25) is 0 Å². The molecule has 0 aromatic heterocycles. The van der Waals surface area contributed by atoms with Crippen LogP contribution < -0.4 is 225 Å². The van der Waals surface area contributed by atoms with Gasteiger partial charge in [0.15, 0.2) is 0 Å². The van der Waals surface area contributed by atoms with Gasteiger partial charge in [-0.1, -0.05) is 79.9 Å². The molecule has 0 atom stereocenters. The molecule has 0 heterocycles. The molecule has 0 saturated heterocycles. The van der Waals surface area contributed by atoms with E-state index in [1.165, 1.54) is 38.5 Å². The first kappa shape index (κ1) is 43.8. The Kier molecular flexibility index (Phi) is 44.5. The maximum absolute atomic E-state index is 10.7. The molecule has 0 N–H and O–H groups in total. The summed E-state index contributed by atoms with van der Waals surface area (Å²) >= 11 is 0. The van der Waals surface area contributed by atoms with Gasteiger partial charge in [0, 0.05) is 12.6 Å². The summed E-state index contributed by atoms with van der Waals surface area (Å²) in [6.45, 7) is 2.32. The zero-order chi connectivity index (χ0) is 17.8. The molecule has 0 aromatic carbocycles. The van der Waals surface area contributed by atoms with Crippen molar-refractivity contribution in [3.05, 3.63) is 0 Å². The molecule has 0 fully saturated rings. The Morgan fingerprint density at radius 3 is 1.19 bits per heavy atom. The molecule has 0 amide bonds. The Morgan fingerprint density at radius 1 is 0.593 bits per heavy atom. The Hall–Kier alpha value is 6.81. The van der Waals surface area contributed by atoms with E-state index in [9.17, 15) is 28.7 Å². The van der Waals surface area contributed by atoms with Gasteiger partial charge < -0.3 is 28.7 Å². The van der Waals surface area contributed by atoms with Crippen LogP contribution in [0.4, 0.5) is 0 Å². The minimum atomic E-state index is -4.86. The molecule has 0 unspecified atom stereocenters. The molecule has 27 heavy (non-hydrogen) atoms. The Morgan fingerprint density at radius 2 is 0.889 bits per heavy atom. The van der Waals surface area contributed by atoms with E-state index in [1.54, 1.807) is 0 Å². The van der Waals surface area contributed by atoms with E-state index < -0.39 is 27.8 Å². The Labute approximate surface area is 335 Å². The smallest absolute Gasteiger partial charge is 0.810 e. The standard InChI is InChI=1S/C14H33NO6P2.4K/c1-2-3-4-5-6-7-8-9-10-11-12-15(13-22(16,17)18)14-23(19,20)21;;;;/h2-14H2,1H3,(H2,16,17,18)(H2,19,20,21);;;;/q;4*+1/p-4. The molecule has 0 aliphatic rings. The average molecular weight is 526 g/mol. The summed E-state index contributed by atoms with van der Waals surface area (Å²) in [5.74, 6) is 0. The van der Waals surface area contributed by atoms with Crippen molar-refractivity contribution in [3.63, 3.8) is 0 Å². The fraction of sp³-hybridized carbons (Fsp3) is 1.00. The second kappa shape index (κ2) is 27.4. The molecule has 7 nitrogen and oxygen atoms in total. The maximum atomic E-state index is 10.7. The summed E-state index contributed by atoms with van der Waals surface area (Å²) < 4.78 is 21.5. The van der Waals surface area contributed by atoms with Gasteiger partial charge in [-0.15, -0.1) is 0 Å². The van der Waals surface area contributed by atoms with Crippen LogP contribution in [-0.4, -0.2) is 24.0 Å². The van der Waals surface area contributed by atoms with E-state index in [-0.39, 0.29) is 212 Å². The summed E-state index contributed by atoms with van der Waals surface area (Å²) in [5, 5.41) is 0. The van der Waals surface area contributed by atoms with Gasteiger partial charge in [0.05, 0.1) is 0 Å². The van der Waals surface area contributed by atoms with Crippen molar-refractivity contribution in [2.45, 2.75) is 71.1 Å².